The highest BCUT2D eigenvalue weighted by molar-refractivity contribution is 6.72. The van der Waals surface area contributed by atoms with E-state index < -0.39 is 17.7 Å². The second kappa shape index (κ2) is 3.16. The zero-order valence-corrected chi connectivity index (χ0v) is 9.12. The topological polar surface area (TPSA) is 70.0 Å². The highest BCUT2D eigenvalue weighted by Gasteiger charge is 2.54. The number of carbonyl (C=O) groups excluding carboxylic acids is 2. The van der Waals surface area contributed by atoms with Gasteiger partial charge in [0.05, 0.1) is 5.92 Å². The maximum absolute atomic E-state index is 12.0. The number of fused-ring (bicyclic) bond motifs is 3. The van der Waals surface area contributed by atoms with E-state index in [-0.39, 0.29) is 11.5 Å². The Balaban J connectivity index is 2.21. The van der Waals surface area contributed by atoms with Gasteiger partial charge in [-0.25, -0.2) is 0 Å². The molecule has 86 valence electrons. The predicted octanol–water partition coefficient (Wildman–Crippen LogP) is 0.571. The first-order chi connectivity index (χ1) is 8.16. The molecule has 0 aromatic heterocycles. The molecule has 1 heterocycles. The minimum atomic E-state index is -0.550. The number of nitrogens with zero attached hydrogens (tertiary/aromatic N) is 2. The average Bonchev–Trinajstić information content (AvgIpc) is 2.76. The van der Waals surface area contributed by atoms with Gasteiger partial charge in [0.25, 0.3) is 0 Å². The molecule has 1 N–H and O–H groups in total. The van der Waals surface area contributed by atoms with Crippen LogP contribution in [0.3, 0.4) is 0 Å². The van der Waals surface area contributed by atoms with E-state index >= 15 is 0 Å². The first-order valence-electron chi connectivity index (χ1n) is 5.29. The van der Waals surface area contributed by atoms with E-state index in [1.54, 1.807) is 11.9 Å². The van der Waals surface area contributed by atoms with Gasteiger partial charge < -0.3 is 10.1 Å². The Bertz CT molecular complexity index is 565. The van der Waals surface area contributed by atoms with Gasteiger partial charge in [-0.3, -0.25) is 9.59 Å². The van der Waals surface area contributed by atoms with Crippen LogP contribution in [0.2, 0.25) is 0 Å². The van der Waals surface area contributed by atoms with Crippen molar-refractivity contribution in [3.05, 3.63) is 29.8 Å². The van der Waals surface area contributed by atoms with Crippen molar-refractivity contribution >= 4 is 23.0 Å². The summed E-state index contributed by atoms with van der Waals surface area (Å²) in [7, 11) is 1.77. The number of oxime groups is 1. The normalized spacial score (nSPS) is 28.8. The molecule has 0 saturated heterocycles. The van der Waals surface area contributed by atoms with Crippen LogP contribution in [0.4, 0.5) is 5.69 Å². The summed E-state index contributed by atoms with van der Waals surface area (Å²) >= 11 is 0. The number of likely N-dealkylation sites (N-methyl/N-ethyl adjacent to an activating group) is 1. The lowest BCUT2D eigenvalue weighted by atomic mass is 9.97. The first kappa shape index (κ1) is 10.0. The van der Waals surface area contributed by atoms with Gasteiger partial charge >= 0.3 is 0 Å². The molecule has 0 amide bonds. The van der Waals surface area contributed by atoms with Crippen LogP contribution < -0.4 is 4.90 Å². The molecule has 0 spiro atoms. The molecule has 0 bridgehead atoms. The minimum Gasteiger partial charge on any atom is -0.410 e. The Kier molecular flexibility index (Phi) is 1.86. The van der Waals surface area contributed by atoms with E-state index in [4.69, 9.17) is 5.21 Å². The third-order valence-electron chi connectivity index (χ3n) is 3.50. The summed E-state index contributed by atoms with van der Waals surface area (Å²) in [6.45, 7) is 0. The van der Waals surface area contributed by atoms with Crippen LogP contribution in [0.15, 0.2) is 29.4 Å². The van der Waals surface area contributed by atoms with Crippen molar-refractivity contribution in [2.45, 2.75) is 12.0 Å². The summed E-state index contributed by atoms with van der Waals surface area (Å²) in [5.41, 5.74) is 1.39. The van der Waals surface area contributed by atoms with Crippen molar-refractivity contribution in [3.63, 3.8) is 0 Å². The van der Waals surface area contributed by atoms with Crippen molar-refractivity contribution in [3.8, 4) is 0 Å². The van der Waals surface area contributed by atoms with Gasteiger partial charge in [0.1, 0.15) is 6.04 Å². The van der Waals surface area contributed by atoms with E-state index in [1.807, 2.05) is 24.3 Å². The van der Waals surface area contributed by atoms with E-state index in [2.05, 4.69) is 5.16 Å². The second-order valence-corrected chi connectivity index (χ2v) is 4.27. The Hall–Kier alpha value is -2.17. The quantitative estimate of drug-likeness (QED) is 0.522. The molecular formula is C12H10N2O3. The van der Waals surface area contributed by atoms with Gasteiger partial charge in [0.15, 0.2) is 11.5 Å². The zero-order chi connectivity index (χ0) is 12.2. The Labute approximate surface area is 97.3 Å². The lowest BCUT2D eigenvalue weighted by Gasteiger charge is -2.18. The molecule has 1 aromatic carbocycles. The minimum absolute atomic E-state index is 0.332. The van der Waals surface area contributed by atoms with Crippen LogP contribution in [-0.4, -0.2) is 35.6 Å². The maximum atomic E-state index is 12.0. The molecule has 1 saturated carbocycles. The van der Waals surface area contributed by atoms with Gasteiger partial charge in [0.2, 0.25) is 5.78 Å². The van der Waals surface area contributed by atoms with Gasteiger partial charge in [-0.15, -0.1) is 0 Å². The molecular weight excluding hydrogens is 220 g/mol. The number of carbonyl (C=O) groups is 2. The number of anilines is 1. The second-order valence-electron chi connectivity index (χ2n) is 4.27. The molecule has 17 heavy (non-hydrogen) atoms. The molecule has 0 radical (unpaired) electrons. The van der Waals surface area contributed by atoms with Crippen LogP contribution in [0.5, 0.6) is 0 Å². The summed E-state index contributed by atoms with van der Waals surface area (Å²) in [6.07, 6.45) is 0. The van der Waals surface area contributed by atoms with E-state index in [0.717, 1.165) is 11.3 Å². The van der Waals surface area contributed by atoms with Crippen molar-refractivity contribution in [2.75, 3.05) is 11.9 Å². The van der Waals surface area contributed by atoms with E-state index in [1.165, 1.54) is 0 Å². The number of Topliss-reactive ketones (excluding diaryl/α,β-unsaturated/α-hetero) is 2. The molecule has 2 atom stereocenters. The van der Waals surface area contributed by atoms with E-state index in [0.29, 0.717) is 0 Å². The SMILES string of the molecule is CN1c2ccccc2C2C(=O)/C(=N/O)C(=O)C21. The molecule has 3 rings (SSSR count). The van der Waals surface area contributed by atoms with Gasteiger partial charge in [-0.2, -0.15) is 0 Å². The third-order valence-corrected chi connectivity index (χ3v) is 3.50. The molecule has 2 aliphatic rings. The highest BCUT2D eigenvalue weighted by Crippen LogP contribution is 2.44. The summed E-state index contributed by atoms with van der Waals surface area (Å²) < 4.78 is 0. The van der Waals surface area contributed by atoms with Gasteiger partial charge in [0, 0.05) is 12.7 Å². The number of benzene rings is 1. The summed E-state index contributed by atoms with van der Waals surface area (Å²) in [5.74, 6) is -1.31. The maximum Gasteiger partial charge on any atom is 0.211 e. The average molecular weight is 230 g/mol. The summed E-state index contributed by atoms with van der Waals surface area (Å²) in [4.78, 5) is 25.7. The van der Waals surface area contributed by atoms with Crippen LogP contribution in [-0.2, 0) is 9.59 Å². The molecule has 1 aliphatic carbocycles. The monoisotopic (exact) mass is 230 g/mol. The van der Waals surface area contributed by atoms with Crippen molar-refractivity contribution in [1.82, 2.24) is 0 Å². The van der Waals surface area contributed by atoms with Crippen LogP contribution in [0.1, 0.15) is 11.5 Å². The summed E-state index contributed by atoms with van der Waals surface area (Å²) in [5, 5.41) is 11.6. The molecule has 2 unspecified atom stereocenters. The molecule has 1 aromatic rings. The first-order valence-corrected chi connectivity index (χ1v) is 5.29. The number of para-hydroxylation sites is 1. The fourth-order valence-electron chi connectivity index (χ4n) is 2.73. The number of hydrogen-bond acceptors (Lipinski definition) is 5. The fourth-order valence-corrected chi connectivity index (χ4v) is 2.73. The number of hydrogen-bond donors (Lipinski definition) is 1. The van der Waals surface area contributed by atoms with Crippen molar-refractivity contribution in [1.29, 1.82) is 0 Å². The number of ketones is 2. The molecule has 5 nitrogen and oxygen atoms in total. The lowest BCUT2D eigenvalue weighted by molar-refractivity contribution is -0.114. The lowest BCUT2D eigenvalue weighted by Crippen LogP contribution is -2.35. The van der Waals surface area contributed by atoms with E-state index in [9.17, 15) is 9.59 Å². The summed E-state index contributed by atoms with van der Waals surface area (Å²) in [6, 6.07) is 6.87. The van der Waals surface area contributed by atoms with Crippen LogP contribution in [0.25, 0.3) is 0 Å². The third kappa shape index (κ3) is 1.06. The Morgan fingerprint density at radius 1 is 1.24 bits per heavy atom. The van der Waals surface area contributed by atoms with Gasteiger partial charge in [-0.05, 0) is 11.6 Å². The number of rotatable bonds is 0. The standard InChI is InChI=1S/C12H10N2O3/c1-14-7-5-3-2-4-6(7)8-10(14)12(16)9(13-17)11(8)15/h2-5,8,10,17H,1H3/b13-9-. The van der Waals surface area contributed by atoms with Gasteiger partial charge in [-0.1, -0.05) is 23.4 Å². The Morgan fingerprint density at radius 3 is 2.65 bits per heavy atom. The molecule has 1 fully saturated rings. The van der Waals surface area contributed by atoms with Crippen molar-refractivity contribution < 1.29 is 14.8 Å². The Morgan fingerprint density at radius 2 is 1.94 bits per heavy atom. The zero-order valence-electron chi connectivity index (χ0n) is 9.12. The largest absolute Gasteiger partial charge is 0.410 e. The molecule has 1 aliphatic heterocycles. The molecule has 5 heteroatoms. The smallest absolute Gasteiger partial charge is 0.211 e. The predicted molar refractivity (Wildman–Crippen MR) is 60.6 cm³/mol. The van der Waals surface area contributed by atoms with Crippen LogP contribution in [0, 0.1) is 0 Å². The highest BCUT2D eigenvalue weighted by atomic mass is 16.4. The van der Waals surface area contributed by atoms with Crippen molar-refractivity contribution in [2.24, 2.45) is 5.16 Å². The van der Waals surface area contributed by atoms with Crippen LogP contribution >= 0.6 is 0 Å². The fraction of sp³-hybridized carbons (Fsp3) is 0.250.